The van der Waals surface area contributed by atoms with Gasteiger partial charge in [-0.15, -0.1) is 10.2 Å². The number of methoxy groups -OCH3 is 1. The summed E-state index contributed by atoms with van der Waals surface area (Å²) in [5, 5.41) is 11.0. The fraction of sp³-hybridized carbons (Fsp3) is 0.647. The van der Waals surface area contributed by atoms with Crippen LogP contribution in [0.25, 0.3) is 5.78 Å². The molecule has 8 nitrogen and oxygen atoms in total. The Labute approximate surface area is 147 Å². The second kappa shape index (κ2) is 7.88. The third kappa shape index (κ3) is 4.13. The first-order valence-corrected chi connectivity index (χ1v) is 8.77. The molecule has 1 saturated heterocycles. The maximum absolute atomic E-state index is 12.5. The van der Waals surface area contributed by atoms with Gasteiger partial charge in [0.15, 0.2) is 0 Å². The van der Waals surface area contributed by atoms with E-state index in [1.165, 1.54) is 0 Å². The quantitative estimate of drug-likeness (QED) is 0.748. The number of likely N-dealkylation sites (tertiary alicyclic amines) is 1. The molecule has 25 heavy (non-hydrogen) atoms. The second-order valence-electron chi connectivity index (χ2n) is 6.71. The lowest BCUT2D eigenvalue weighted by molar-refractivity contribution is 0.0935. The number of hydrogen-bond donors (Lipinski definition) is 1. The number of hydrogen-bond acceptors (Lipinski definition) is 6. The normalized spacial score (nSPS) is 18.1. The highest BCUT2D eigenvalue weighted by Gasteiger charge is 2.24. The van der Waals surface area contributed by atoms with Crippen molar-refractivity contribution in [2.45, 2.75) is 26.7 Å². The third-order valence-electron chi connectivity index (χ3n) is 4.64. The Kier molecular flexibility index (Phi) is 5.60. The molecule has 1 fully saturated rings. The Morgan fingerprint density at radius 1 is 1.40 bits per heavy atom. The zero-order valence-corrected chi connectivity index (χ0v) is 15.2. The first-order valence-electron chi connectivity index (χ1n) is 8.77. The number of ether oxygens (including phenoxy) is 1. The van der Waals surface area contributed by atoms with Crippen LogP contribution in [0.2, 0.25) is 0 Å². The number of aryl methyl sites for hydroxylation is 2. The van der Waals surface area contributed by atoms with Crippen molar-refractivity contribution in [1.29, 1.82) is 0 Å². The number of aromatic nitrogens is 4. The van der Waals surface area contributed by atoms with E-state index >= 15 is 0 Å². The van der Waals surface area contributed by atoms with Gasteiger partial charge in [-0.05, 0) is 45.2 Å². The maximum Gasteiger partial charge on any atom is 0.289 e. The number of rotatable bonds is 7. The van der Waals surface area contributed by atoms with Crippen LogP contribution in [0.4, 0.5) is 0 Å². The molecule has 136 valence electrons. The van der Waals surface area contributed by atoms with Crippen LogP contribution in [0.3, 0.4) is 0 Å². The van der Waals surface area contributed by atoms with Crippen LogP contribution in [0.15, 0.2) is 6.07 Å². The molecular weight excluding hydrogens is 320 g/mol. The van der Waals surface area contributed by atoms with Gasteiger partial charge in [-0.1, -0.05) is 0 Å². The molecule has 1 amide bonds. The number of carbonyl (C=O) groups excluding carboxylic acids is 1. The van der Waals surface area contributed by atoms with Gasteiger partial charge in [0, 0.05) is 44.7 Å². The van der Waals surface area contributed by atoms with Crippen molar-refractivity contribution in [1.82, 2.24) is 29.8 Å². The lowest BCUT2D eigenvalue weighted by Gasteiger charge is -2.15. The number of nitrogens with zero attached hydrogens (tertiary/aromatic N) is 5. The monoisotopic (exact) mass is 346 g/mol. The highest BCUT2D eigenvalue weighted by molar-refractivity contribution is 5.91. The van der Waals surface area contributed by atoms with Crippen LogP contribution in [-0.2, 0) is 4.74 Å². The average Bonchev–Trinajstić information content (AvgIpc) is 3.19. The molecule has 1 aliphatic rings. The van der Waals surface area contributed by atoms with Crippen LogP contribution < -0.4 is 5.32 Å². The molecule has 1 atom stereocenters. The second-order valence-corrected chi connectivity index (χ2v) is 6.71. The zero-order valence-electron chi connectivity index (χ0n) is 15.2. The highest BCUT2D eigenvalue weighted by Crippen LogP contribution is 2.16. The Bertz CT molecular complexity index is 744. The molecular formula is C17H26N6O2. The summed E-state index contributed by atoms with van der Waals surface area (Å²) in [5.74, 6) is 1.05. The average molecular weight is 346 g/mol. The van der Waals surface area contributed by atoms with Crippen LogP contribution in [0.1, 0.15) is 34.8 Å². The van der Waals surface area contributed by atoms with Crippen molar-refractivity contribution in [3.8, 4) is 0 Å². The van der Waals surface area contributed by atoms with Gasteiger partial charge in [-0.2, -0.15) is 0 Å². The van der Waals surface area contributed by atoms with E-state index in [2.05, 4.69) is 25.4 Å². The number of amides is 1. The zero-order chi connectivity index (χ0) is 17.8. The molecule has 0 unspecified atom stereocenters. The molecule has 2 aromatic heterocycles. The van der Waals surface area contributed by atoms with E-state index in [-0.39, 0.29) is 5.91 Å². The molecule has 0 bridgehead atoms. The van der Waals surface area contributed by atoms with E-state index < -0.39 is 0 Å². The van der Waals surface area contributed by atoms with Gasteiger partial charge < -0.3 is 15.0 Å². The predicted octanol–water partition coefficient (Wildman–Crippen LogP) is 0.829. The smallest absolute Gasteiger partial charge is 0.289 e. The molecule has 0 radical (unpaired) electrons. The molecule has 0 aromatic carbocycles. The standard InChI is InChI=1S/C17H26N6O2/c1-12-9-13(2)23-15(20-21-17(23)19-12)16(24)18-10-14-5-7-22(11-14)6-4-8-25-3/h9,14H,4-8,10-11H2,1-3H3,(H,18,24)/t14-/m0/s1. The highest BCUT2D eigenvalue weighted by atomic mass is 16.5. The van der Waals surface area contributed by atoms with E-state index in [0.29, 0.717) is 24.1 Å². The summed E-state index contributed by atoms with van der Waals surface area (Å²) < 4.78 is 6.80. The summed E-state index contributed by atoms with van der Waals surface area (Å²) in [5.41, 5.74) is 1.77. The molecule has 0 saturated carbocycles. The fourth-order valence-corrected chi connectivity index (χ4v) is 3.41. The summed E-state index contributed by atoms with van der Waals surface area (Å²) in [7, 11) is 1.73. The number of nitrogens with one attached hydrogen (secondary N) is 1. The van der Waals surface area contributed by atoms with E-state index in [0.717, 1.165) is 50.5 Å². The first-order chi connectivity index (χ1) is 12.1. The first kappa shape index (κ1) is 17.8. The SMILES string of the molecule is COCCCN1CC[C@@H](CNC(=O)c2nnc3nc(C)cc(C)n23)C1. The van der Waals surface area contributed by atoms with Crippen LogP contribution in [0, 0.1) is 19.8 Å². The Hall–Kier alpha value is -2.06. The topological polar surface area (TPSA) is 84.6 Å². The van der Waals surface area contributed by atoms with Gasteiger partial charge in [-0.3, -0.25) is 9.20 Å². The fourth-order valence-electron chi connectivity index (χ4n) is 3.41. The van der Waals surface area contributed by atoms with Crippen molar-refractivity contribution in [2.24, 2.45) is 5.92 Å². The van der Waals surface area contributed by atoms with E-state index in [1.54, 1.807) is 11.5 Å². The third-order valence-corrected chi connectivity index (χ3v) is 4.64. The molecule has 0 spiro atoms. The van der Waals surface area contributed by atoms with Crippen LogP contribution in [0.5, 0.6) is 0 Å². The summed E-state index contributed by atoms with van der Waals surface area (Å²) in [6, 6.07) is 1.92. The van der Waals surface area contributed by atoms with Gasteiger partial charge in [0.2, 0.25) is 5.82 Å². The molecule has 3 heterocycles. The predicted molar refractivity (Wildman–Crippen MR) is 93.6 cm³/mol. The van der Waals surface area contributed by atoms with Gasteiger partial charge in [-0.25, -0.2) is 4.98 Å². The van der Waals surface area contributed by atoms with Crippen LogP contribution in [-0.4, -0.2) is 70.3 Å². The Balaban J connectivity index is 1.55. The Morgan fingerprint density at radius 3 is 3.04 bits per heavy atom. The van der Waals surface area contributed by atoms with Gasteiger partial charge in [0.05, 0.1) is 0 Å². The van der Waals surface area contributed by atoms with Crippen molar-refractivity contribution in [3.63, 3.8) is 0 Å². The molecule has 2 aromatic rings. The van der Waals surface area contributed by atoms with Crippen LogP contribution >= 0.6 is 0 Å². The minimum atomic E-state index is -0.195. The molecule has 8 heteroatoms. The molecule has 0 aliphatic carbocycles. The van der Waals surface area contributed by atoms with Gasteiger partial charge in [0.1, 0.15) is 0 Å². The van der Waals surface area contributed by atoms with Crippen molar-refractivity contribution >= 4 is 11.7 Å². The lowest BCUT2D eigenvalue weighted by Crippen LogP contribution is -2.32. The molecule has 1 N–H and O–H groups in total. The summed E-state index contributed by atoms with van der Waals surface area (Å²) in [6.07, 6.45) is 2.15. The van der Waals surface area contributed by atoms with Gasteiger partial charge in [0.25, 0.3) is 11.7 Å². The van der Waals surface area contributed by atoms with E-state index in [9.17, 15) is 4.79 Å². The molecule has 1 aliphatic heterocycles. The van der Waals surface area contributed by atoms with Crippen molar-refractivity contribution in [2.75, 3.05) is 39.9 Å². The van der Waals surface area contributed by atoms with Crippen molar-refractivity contribution < 1.29 is 9.53 Å². The lowest BCUT2D eigenvalue weighted by atomic mass is 10.1. The Morgan fingerprint density at radius 2 is 2.24 bits per heavy atom. The summed E-state index contributed by atoms with van der Waals surface area (Å²) >= 11 is 0. The van der Waals surface area contributed by atoms with E-state index in [1.807, 2.05) is 19.9 Å². The largest absolute Gasteiger partial charge is 0.385 e. The van der Waals surface area contributed by atoms with E-state index in [4.69, 9.17) is 4.74 Å². The molecule has 3 rings (SSSR count). The maximum atomic E-state index is 12.5. The minimum Gasteiger partial charge on any atom is -0.385 e. The number of carbonyl (C=O) groups is 1. The van der Waals surface area contributed by atoms with Crippen molar-refractivity contribution in [3.05, 3.63) is 23.3 Å². The summed E-state index contributed by atoms with van der Waals surface area (Å²) in [6.45, 7) is 8.44. The summed E-state index contributed by atoms with van der Waals surface area (Å²) in [4.78, 5) is 19.3. The van der Waals surface area contributed by atoms with Gasteiger partial charge >= 0.3 is 0 Å². The number of fused-ring (bicyclic) bond motifs is 1. The minimum absolute atomic E-state index is 0.195.